The maximum absolute atomic E-state index is 11.7. The van der Waals surface area contributed by atoms with Crippen LogP contribution < -0.4 is 11.1 Å². The molecule has 0 saturated heterocycles. The number of carbonyl (C=O) groups is 2. The number of likely N-dealkylation sites (N-methyl/N-ethyl adjacent to an activating group) is 1. The molecule has 21 heavy (non-hydrogen) atoms. The van der Waals surface area contributed by atoms with Crippen molar-refractivity contribution in [3.8, 4) is 0 Å². The van der Waals surface area contributed by atoms with Gasteiger partial charge >= 0.3 is 0 Å². The minimum atomic E-state index is -0.279. The lowest BCUT2D eigenvalue weighted by Crippen LogP contribution is -2.35. The number of pyridine rings is 1. The number of nitrogens with one attached hydrogen (secondary N) is 1. The van der Waals surface area contributed by atoms with Crippen molar-refractivity contribution in [2.75, 3.05) is 25.5 Å². The first-order valence-corrected chi connectivity index (χ1v) is 6.67. The Morgan fingerprint density at radius 3 is 2.57 bits per heavy atom. The normalized spacial score (nSPS) is 9.10. The molecule has 9 heteroatoms. The Kier molecular flexibility index (Phi) is 12.5. The number of carbonyl (C=O) groups excluding carboxylic acids is 2. The number of halogens is 3. The van der Waals surface area contributed by atoms with Crippen LogP contribution in [0.2, 0.25) is 0 Å². The van der Waals surface area contributed by atoms with Crippen molar-refractivity contribution in [2.24, 2.45) is 5.73 Å². The summed E-state index contributed by atoms with van der Waals surface area (Å²) < 4.78 is 0.833. The average molecular weight is 402 g/mol. The maximum Gasteiger partial charge on any atom is 0.245 e. The van der Waals surface area contributed by atoms with Gasteiger partial charge in [-0.25, -0.2) is 4.98 Å². The largest absolute Gasteiger partial charge is 0.336 e. The summed E-state index contributed by atoms with van der Waals surface area (Å²) in [4.78, 5) is 28.7. The highest BCUT2D eigenvalue weighted by atomic mass is 79.9. The number of amides is 2. The van der Waals surface area contributed by atoms with Crippen molar-refractivity contribution < 1.29 is 9.59 Å². The van der Waals surface area contributed by atoms with E-state index in [1.54, 1.807) is 25.4 Å². The van der Waals surface area contributed by atoms with E-state index in [-0.39, 0.29) is 43.2 Å². The quantitative estimate of drug-likeness (QED) is 0.760. The zero-order valence-corrected chi connectivity index (χ0v) is 14.8. The summed E-state index contributed by atoms with van der Waals surface area (Å²) in [7, 11) is 1.59. The van der Waals surface area contributed by atoms with Crippen molar-refractivity contribution in [2.45, 2.75) is 12.8 Å². The summed E-state index contributed by atoms with van der Waals surface area (Å²) in [6.07, 6.45) is 2.57. The summed E-state index contributed by atoms with van der Waals surface area (Å²) in [5.74, 6) is 0.0822. The minimum absolute atomic E-state index is 0. The number of hydrogen-bond donors (Lipinski definition) is 2. The smallest absolute Gasteiger partial charge is 0.245 e. The molecule has 6 nitrogen and oxygen atoms in total. The summed E-state index contributed by atoms with van der Waals surface area (Å²) in [6, 6.07) is 3.46. The van der Waals surface area contributed by atoms with Crippen LogP contribution in [0.25, 0.3) is 0 Å². The summed E-state index contributed by atoms with van der Waals surface area (Å²) in [5.41, 5.74) is 5.33. The third-order valence-corrected chi connectivity index (χ3v) is 2.87. The Labute approximate surface area is 144 Å². The molecule has 0 atom stereocenters. The van der Waals surface area contributed by atoms with Crippen LogP contribution >= 0.6 is 40.7 Å². The number of nitrogens with zero attached hydrogens (tertiary/aromatic N) is 2. The topological polar surface area (TPSA) is 88.3 Å². The molecule has 0 bridgehead atoms. The standard InChI is InChI=1S/C12H17BrN4O2.2ClH/c1-17(12(19)3-2-6-14)8-11(18)16-10-5-4-9(13)7-15-10;;/h4-5,7H,2-3,6,8,14H2,1H3,(H,15,16,18);2*1H. The third-order valence-electron chi connectivity index (χ3n) is 2.40. The highest BCUT2D eigenvalue weighted by molar-refractivity contribution is 9.10. The maximum atomic E-state index is 11.7. The Bertz CT molecular complexity index is 445. The van der Waals surface area contributed by atoms with Crippen LogP contribution in [0, 0.1) is 0 Å². The van der Waals surface area contributed by atoms with Gasteiger partial charge in [-0.3, -0.25) is 9.59 Å². The van der Waals surface area contributed by atoms with Crippen molar-refractivity contribution in [1.82, 2.24) is 9.88 Å². The molecule has 0 unspecified atom stereocenters. The van der Waals surface area contributed by atoms with Gasteiger partial charge in [0.2, 0.25) is 11.8 Å². The van der Waals surface area contributed by atoms with E-state index in [2.05, 4.69) is 26.2 Å². The van der Waals surface area contributed by atoms with E-state index in [1.807, 2.05) is 0 Å². The minimum Gasteiger partial charge on any atom is -0.336 e. The number of anilines is 1. The van der Waals surface area contributed by atoms with Crippen molar-refractivity contribution in [3.05, 3.63) is 22.8 Å². The number of rotatable bonds is 6. The van der Waals surface area contributed by atoms with Gasteiger partial charge in [-0.15, -0.1) is 24.8 Å². The molecule has 1 aromatic rings. The molecule has 1 rings (SSSR count). The van der Waals surface area contributed by atoms with Crippen LogP contribution in [0.5, 0.6) is 0 Å². The monoisotopic (exact) mass is 400 g/mol. The molecule has 0 aliphatic heterocycles. The van der Waals surface area contributed by atoms with E-state index in [0.29, 0.717) is 25.2 Å². The number of nitrogens with two attached hydrogens (primary N) is 1. The van der Waals surface area contributed by atoms with Crippen molar-refractivity contribution in [1.29, 1.82) is 0 Å². The molecule has 1 aromatic heterocycles. The van der Waals surface area contributed by atoms with E-state index in [1.165, 1.54) is 4.90 Å². The van der Waals surface area contributed by atoms with Crippen molar-refractivity contribution in [3.63, 3.8) is 0 Å². The molecular formula is C12H19BrCl2N4O2. The lowest BCUT2D eigenvalue weighted by atomic mass is 10.3. The Morgan fingerprint density at radius 2 is 2.05 bits per heavy atom. The van der Waals surface area contributed by atoms with Gasteiger partial charge in [-0.05, 0) is 41.0 Å². The number of hydrogen-bond acceptors (Lipinski definition) is 4. The fourth-order valence-electron chi connectivity index (χ4n) is 1.38. The van der Waals surface area contributed by atoms with Crippen LogP contribution in [0.3, 0.4) is 0 Å². The molecule has 0 fully saturated rings. The molecule has 0 spiro atoms. The highest BCUT2D eigenvalue weighted by Crippen LogP contribution is 2.10. The summed E-state index contributed by atoms with van der Waals surface area (Å²) >= 11 is 3.26. The van der Waals surface area contributed by atoms with Gasteiger partial charge in [0, 0.05) is 24.1 Å². The van der Waals surface area contributed by atoms with Gasteiger partial charge in [0.15, 0.2) is 0 Å². The lowest BCUT2D eigenvalue weighted by molar-refractivity contribution is -0.133. The Balaban J connectivity index is 0. The van der Waals surface area contributed by atoms with Gasteiger partial charge in [0.25, 0.3) is 0 Å². The van der Waals surface area contributed by atoms with E-state index in [9.17, 15) is 9.59 Å². The first kappa shape index (κ1) is 22.4. The molecule has 0 aliphatic rings. The molecule has 3 N–H and O–H groups in total. The van der Waals surface area contributed by atoms with Gasteiger partial charge in [0.1, 0.15) is 5.82 Å². The van der Waals surface area contributed by atoms with Gasteiger partial charge in [0.05, 0.1) is 6.54 Å². The lowest BCUT2D eigenvalue weighted by Gasteiger charge is -2.16. The molecule has 0 radical (unpaired) electrons. The fraction of sp³-hybridized carbons (Fsp3) is 0.417. The third kappa shape index (κ3) is 8.87. The summed E-state index contributed by atoms with van der Waals surface area (Å²) in [5, 5.41) is 2.62. The van der Waals surface area contributed by atoms with E-state index >= 15 is 0 Å². The number of aromatic nitrogens is 1. The van der Waals surface area contributed by atoms with E-state index in [0.717, 1.165) is 4.47 Å². The molecule has 0 saturated carbocycles. The van der Waals surface area contributed by atoms with Crippen LogP contribution in [0.1, 0.15) is 12.8 Å². The molecule has 2 amide bonds. The van der Waals surface area contributed by atoms with E-state index < -0.39 is 0 Å². The Morgan fingerprint density at radius 1 is 1.38 bits per heavy atom. The Hall–Kier alpha value is -0.890. The highest BCUT2D eigenvalue weighted by Gasteiger charge is 2.12. The SMILES string of the molecule is CN(CC(=O)Nc1ccc(Br)cn1)C(=O)CCCN.Cl.Cl. The van der Waals surface area contributed by atoms with Crippen LogP contribution in [0.15, 0.2) is 22.8 Å². The second-order valence-corrected chi connectivity index (χ2v) is 4.97. The summed E-state index contributed by atoms with van der Waals surface area (Å²) in [6.45, 7) is 0.468. The van der Waals surface area contributed by atoms with Gasteiger partial charge < -0.3 is 16.0 Å². The zero-order valence-electron chi connectivity index (χ0n) is 11.5. The molecule has 0 aromatic carbocycles. The second kappa shape index (κ2) is 11.7. The van der Waals surface area contributed by atoms with Crippen molar-refractivity contribution >= 4 is 58.4 Å². The molecule has 0 aliphatic carbocycles. The van der Waals surface area contributed by atoms with Gasteiger partial charge in [-0.1, -0.05) is 0 Å². The second-order valence-electron chi connectivity index (χ2n) is 4.05. The van der Waals surface area contributed by atoms with Crippen LogP contribution in [0.4, 0.5) is 5.82 Å². The van der Waals surface area contributed by atoms with Crippen LogP contribution in [-0.4, -0.2) is 41.8 Å². The van der Waals surface area contributed by atoms with Crippen LogP contribution in [-0.2, 0) is 9.59 Å². The molecule has 1 heterocycles. The molecular weight excluding hydrogens is 383 g/mol. The van der Waals surface area contributed by atoms with Gasteiger partial charge in [-0.2, -0.15) is 0 Å². The first-order valence-electron chi connectivity index (χ1n) is 5.88. The average Bonchev–Trinajstić information content (AvgIpc) is 2.38. The molecule has 120 valence electrons. The predicted molar refractivity (Wildman–Crippen MR) is 91.0 cm³/mol. The van der Waals surface area contributed by atoms with E-state index in [4.69, 9.17) is 5.73 Å². The zero-order chi connectivity index (χ0) is 14.3. The first-order chi connectivity index (χ1) is 9.02. The fourth-order valence-corrected chi connectivity index (χ4v) is 1.61. The predicted octanol–water partition coefficient (Wildman–Crippen LogP) is 1.82.